The first kappa shape index (κ1) is 18.6. The number of piperidine rings is 1. The van der Waals surface area contributed by atoms with E-state index in [9.17, 15) is 9.59 Å². The molecule has 6 nitrogen and oxygen atoms in total. The second-order valence-corrected chi connectivity index (χ2v) is 8.69. The molecule has 0 bridgehead atoms. The van der Waals surface area contributed by atoms with Crippen LogP contribution in [0.4, 0.5) is 0 Å². The maximum atomic E-state index is 13.3. The normalized spacial score (nSPS) is 24.8. The Bertz CT molecular complexity index is 934. The van der Waals surface area contributed by atoms with Gasteiger partial charge in [0.2, 0.25) is 5.91 Å². The van der Waals surface area contributed by atoms with E-state index in [1.165, 1.54) is 0 Å². The lowest BCUT2D eigenvalue weighted by atomic mass is 9.77. The molecule has 0 N–H and O–H groups in total. The molecule has 6 heteroatoms. The second kappa shape index (κ2) is 7.41. The second-order valence-electron chi connectivity index (χ2n) is 8.69. The summed E-state index contributed by atoms with van der Waals surface area (Å²) in [4.78, 5) is 36.7. The van der Waals surface area contributed by atoms with E-state index in [1.807, 2.05) is 40.1 Å². The maximum absolute atomic E-state index is 13.3. The van der Waals surface area contributed by atoms with Gasteiger partial charge in [-0.3, -0.25) is 19.5 Å². The molecule has 3 saturated heterocycles. The minimum absolute atomic E-state index is 0.0126. The molecule has 3 aliphatic heterocycles. The number of amides is 2. The molecule has 2 aromatic rings. The molecule has 1 aromatic heterocycles. The number of likely N-dealkylation sites (tertiary alicyclic amines) is 3. The van der Waals surface area contributed by atoms with Crippen molar-refractivity contribution in [1.82, 2.24) is 19.7 Å². The van der Waals surface area contributed by atoms with E-state index in [-0.39, 0.29) is 17.4 Å². The van der Waals surface area contributed by atoms with Crippen molar-refractivity contribution in [2.45, 2.75) is 37.6 Å². The minimum atomic E-state index is -0.0339. The number of hydrogen-bond acceptors (Lipinski definition) is 4. The first-order chi connectivity index (χ1) is 14.2. The molecular formula is C23H28N4O2. The average molecular weight is 393 g/mol. The van der Waals surface area contributed by atoms with Crippen LogP contribution in [-0.4, -0.2) is 76.3 Å². The standard InChI is InChI=1S/C23H28N4O2/c28-20(25-12-3-4-13-25)16-27-15-10-23(27)9-5-14-26(17-23)22(29)21-19-7-2-1-6-18(19)8-11-24-21/h1-2,6-8,11H,3-5,9-10,12-17H2/t23-/m1/s1. The van der Waals surface area contributed by atoms with E-state index in [4.69, 9.17) is 0 Å². The summed E-state index contributed by atoms with van der Waals surface area (Å²) in [7, 11) is 0. The van der Waals surface area contributed by atoms with Gasteiger partial charge in [0.05, 0.1) is 6.54 Å². The van der Waals surface area contributed by atoms with Crippen LogP contribution in [0.1, 0.15) is 42.6 Å². The van der Waals surface area contributed by atoms with Crippen LogP contribution in [0.15, 0.2) is 36.5 Å². The van der Waals surface area contributed by atoms with Gasteiger partial charge in [-0.15, -0.1) is 0 Å². The number of fused-ring (bicyclic) bond motifs is 1. The number of rotatable bonds is 3. The number of hydrogen-bond donors (Lipinski definition) is 0. The third-order valence-corrected chi connectivity index (χ3v) is 7.02. The van der Waals surface area contributed by atoms with Gasteiger partial charge in [0.15, 0.2) is 0 Å². The zero-order valence-electron chi connectivity index (χ0n) is 16.8. The van der Waals surface area contributed by atoms with Gasteiger partial charge in [0.25, 0.3) is 5.91 Å². The SMILES string of the molecule is O=C(CN1CC[C@@]12CCCN(C(=O)c1nccc3ccccc13)C2)N1CCCC1. The van der Waals surface area contributed by atoms with Crippen LogP contribution in [0, 0.1) is 0 Å². The zero-order valence-corrected chi connectivity index (χ0v) is 16.8. The maximum Gasteiger partial charge on any atom is 0.273 e. The Morgan fingerprint density at radius 3 is 2.52 bits per heavy atom. The Morgan fingerprint density at radius 2 is 1.72 bits per heavy atom. The van der Waals surface area contributed by atoms with Crippen LogP contribution < -0.4 is 0 Å². The van der Waals surface area contributed by atoms with Gasteiger partial charge in [-0.1, -0.05) is 24.3 Å². The number of benzene rings is 1. The Balaban J connectivity index is 1.32. The van der Waals surface area contributed by atoms with Gasteiger partial charge in [-0.05, 0) is 43.6 Å². The molecule has 3 fully saturated rings. The molecule has 2 amide bonds. The summed E-state index contributed by atoms with van der Waals surface area (Å²) in [5.41, 5.74) is 0.507. The number of carbonyl (C=O) groups is 2. The molecule has 0 radical (unpaired) electrons. The summed E-state index contributed by atoms with van der Waals surface area (Å²) in [6.45, 7) is 4.71. The predicted molar refractivity (Wildman–Crippen MR) is 112 cm³/mol. The monoisotopic (exact) mass is 392 g/mol. The highest BCUT2D eigenvalue weighted by Crippen LogP contribution is 2.39. The van der Waals surface area contributed by atoms with Crippen LogP contribution in [0.25, 0.3) is 10.8 Å². The average Bonchev–Trinajstić information content (AvgIpc) is 3.31. The topological polar surface area (TPSA) is 56.8 Å². The van der Waals surface area contributed by atoms with E-state index in [1.54, 1.807) is 6.20 Å². The van der Waals surface area contributed by atoms with E-state index in [0.717, 1.165) is 69.1 Å². The molecule has 3 aliphatic rings. The summed E-state index contributed by atoms with van der Waals surface area (Å²) < 4.78 is 0. The lowest BCUT2D eigenvalue weighted by Crippen LogP contribution is -2.68. The molecule has 1 spiro atoms. The number of pyridine rings is 1. The van der Waals surface area contributed by atoms with Crippen molar-refractivity contribution >= 4 is 22.6 Å². The quantitative estimate of drug-likeness (QED) is 0.806. The first-order valence-corrected chi connectivity index (χ1v) is 10.8. The van der Waals surface area contributed by atoms with Crippen LogP contribution >= 0.6 is 0 Å². The highest BCUT2D eigenvalue weighted by Gasteiger charge is 2.49. The van der Waals surface area contributed by atoms with Crippen LogP contribution in [0.2, 0.25) is 0 Å². The van der Waals surface area contributed by atoms with E-state index >= 15 is 0 Å². The molecular weight excluding hydrogens is 364 g/mol. The highest BCUT2D eigenvalue weighted by molar-refractivity contribution is 6.05. The molecule has 1 aromatic carbocycles. The third kappa shape index (κ3) is 3.29. The van der Waals surface area contributed by atoms with Gasteiger partial charge in [-0.2, -0.15) is 0 Å². The van der Waals surface area contributed by atoms with Crippen molar-refractivity contribution < 1.29 is 9.59 Å². The molecule has 0 unspecified atom stereocenters. The van der Waals surface area contributed by atoms with Gasteiger partial charge in [-0.25, -0.2) is 0 Å². The number of aromatic nitrogens is 1. The van der Waals surface area contributed by atoms with Crippen molar-refractivity contribution in [2.24, 2.45) is 0 Å². The van der Waals surface area contributed by atoms with Crippen LogP contribution in [-0.2, 0) is 4.79 Å². The number of carbonyl (C=O) groups excluding carboxylic acids is 2. The van der Waals surface area contributed by atoms with Crippen molar-refractivity contribution in [2.75, 3.05) is 39.3 Å². The Labute approximate surface area is 171 Å². The molecule has 29 heavy (non-hydrogen) atoms. The summed E-state index contributed by atoms with van der Waals surface area (Å²) in [6, 6.07) is 9.87. The zero-order chi connectivity index (χ0) is 19.8. The van der Waals surface area contributed by atoms with Gasteiger partial charge in [0.1, 0.15) is 5.69 Å². The van der Waals surface area contributed by atoms with Gasteiger partial charge >= 0.3 is 0 Å². The summed E-state index contributed by atoms with van der Waals surface area (Å²) >= 11 is 0. The van der Waals surface area contributed by atoms with Crippen molar-refractivity contribution in [3.05, 3.63) is 42.2 Å². The Kier molecular flexibility index (Phi) is 4.74. The van der Waals surface area contributed by atoms with Crippen molar-refractivity contribution in [3.63, 3.8) is 0 Å². The molecule has 4 heterocycles. The molecule has 0 saturated carbocycles. The van der Waals surface area contributed by atoms with Gasteiger partial charge in [0, 0.05) is 49.8 Å². The third-order valence-electron chi connectivity index (χ3n) is 7.02. The van der Waals surface area contributed by atoms with Crippen molar-refractivity contribution in [1.29, 1.82) is 0 Å². The molecule has 1 atom stereocenters. The van der Waals surface area contributed by atoms with Crippen LogP contribution in [0.5, 0.6) is 0 Å². The van der Waals surface area contributed by atoms with E-state index in [2.05, 4.69) is 9.88 Å². The number of nitrogens with zero attached hydrogens (tertiary/aromatic N) is 4. The molecule has 5 rings (SSSR count). The first-order valence-electron chi connectivity index (χ1n) is 10.8. The summed E-state index contributed by atoms with van der Waals surface area (Å²) in [5.74, 6) is 0.263. The highest BCUT2D eigenvalue weighted by atomic mass is 16.2. The fourth-order valence-corrected chi connectivity index (χ4v) is 5.25. The fraction of sp³-hybridized carbons (Fsp3) is 0.522. The summed E-state index contributed by atoms with van der Waals surface area (Å²) in [6.07, 6.45) is 7.07. The Hall–Kier alpha value is -2.47. The minimum Gasteiger partial charge on any atom is -0.342 e. The molecule has 0 aliphatic carbocycles. The van der Waals surface area contributed by atoms with Gasteiger partial charge < -0.3 is 9.80 Å². The molecule has 152 valence electrons. The van der Waals surface area contributed by atoms with Crippen molar-refractivity contribution in [3.8, 4) is 0 Å². The fourth-order valence-electron chi connectivity index (χ4n) is 5.25. The lowest BCUT2D eigenvalue weighted by molar-refractivity contribution is -0.138. The summed E-state index contributed by atoms with van der Waals surface area (Å²) in [5, 5.41) is 1.95. The van der Waals surface area contributed by atoms with E-state index < -0.39 is 0 Å². The van der Waals surface area contributed by atoms with Crippen LogP contribution in [0.3, 0.4) is 0 Å². The predicted octanol–water partition coefficient (Wildman–Crippen LogP) is 2.54. The van der Waals surface area contributed by atoms with E-state index in [0.29, 0.717) is 18.8 Å². The largest absolute Gasteiger partial charge is 0.342 e. The Morgan fingerprint density at radius 1 is 0.931 bits per heavy atom. The lowest BCUT2D eigenvalue weighted by Gasteiger charge is -2.57. The smallest absolute Gasteiger partial charge is 0.273 e.